The van der Waals surface area contributed by atoms with Crippen molar-refractivity contribution in [3.8, 4) is 0 Å². The molecule has 2 atom stereocenters. The molecule has 1 aromatic heterocycles. The molecule has 1 aliphatic carbocycles. The van der Waals surface area contributed by atoms with E-state index in [0.29, 0.717) is 5.92 Å². The molecule has 1 heterocycles. The fourth-order valence-electron chi connectivity index (χ4n) is 3.09. The van der Waals surface area contributed by atoms with Crippen LogP contribution in [0, 0.1) is 12.8 Å². The molecule has 1 aromatic rings. The first-order valence-electron chi connectivity index (χ1n) is 6.56. The van der Waals surface area contributed by atoms with Crippen LogP contribution in [0.1, 0.15) is 50.4 Å². The first-order valence-corrected chi connectivity index (χ1v) is 6.56. The number of aliphatic hydroxyl groups excluding tert-OH is 1. The highest BCUT2D eigenvalue weighted by atomic mass is 16.3. The minimum absolute atomic E-state index is 0.186. The number of aromatic nitrogens is 1. The van der Waals surface area contributed by atoms with Gasteiger partial charge >= 0.3 is 0 Å². The summed E-state index contributed by atoms with van der Waals surface area (Å²) in [5.41, 5.74) is 4.29. The Labute approximate surface area is 104 Å². The fraction of sp³-hybridized carbons (Fsp3) is 0.667. The molecule has 0 amide bonds. The van der Waals surface area contributed by atoms with Gasteiger partial charge in [-0.05, 0) is 61.6 Å². The lowest BCUT2D eigenvalue weighted by molar-refractivity contribution is 0.165. The van der Waals surface area contributed by atoms with Crippen LogP contribution in [-0.4, -0.2) is 16.2 Å². The Morgan fingerprint density at radius 1 is 1.53 bits per heavy atom. The lowest BCUT2D eigenvalue weighted by Gasteiger charge is -2.28. The van der Waals surface area contributed by atoms with E-state index in [0.717, 1.165) is 19.3 Å². The van der Waals surface area contributed by atoms with Gasteiger partial charge in [-0.25, -0.2) is 0 Å². The largest absolute Gasteiger partial charge is 0.393 e. The molecule has 17 heavy (non-hydrogen) atoms. The highest BCUT2D eigenvalue weighted by molar-refractivity contribution is 5.41. The molecule has 0 saturated heterocycles. The highest BCUT2D eigenvalue weighted by Crippen LogP contribution is 2.45. The van der Waals surface area contributed by atoms with E-state index < -0.39 is 0 Å². The molecule has 2 nitrogen and oxygen atoms in total. The zero-order chi connectivity index (χ0) is 12.6. The topological polar surface area (TPSA) is 33.1 Å². The van der Waals surface area contributed by atoms with E-state index in [4.69, 9.17) is 0 Å². The van der Waals surface area contributed by atoms with Crippen molar-refractivity contribution in [2.75, 3.05) is 0 Å². The van der Waals surface area contributed by atoms with Gasteiger partial charge in [0.25, 0.3) is 0 Å². The molecule has 0 radical (unpaired) electrons. The molecule has 0 spiro atoms. The van der Waals surface area contributed by atoms with Crippen LogP contribution in [0.2, 0.25) is 0 Å². The van der Waals surface area contributed by atoms with Gasteiger partial charge in [0, 0.05) is 11.9 Å². The molecule has 2 rings (SSSR count). The molecule has 0 aliphatic heterocycles. The second-order valence-electron chi connectivity index (χ2n) is 5.97. The Morgan fingerprint density at radius 2 is 2.24 bits per heavy atom. The average molecular weight is 233 g/mol. The van der Waals surface area contributed by atoms with Crippen molar-refractivity contribution in [3.63, 3.8) is 0 Å². The molecular formula is C15H23NO. The van der Waals surface area contributed by atoms with E-state index in [-0.39, 0.29) is 11.5 Å². The summed E-state index contributed by atoms with van der Waals surface area (Å²) >= 11 is 0. The van der Waals surface area contributed by atoms with Crippen LogP contribution in [-0.2, 0) is 11.8 Å². The predicted octanol–water partition coefficient (Wildman–Crippen LogP) is 3.00. The number of fused-ring (bicyclic) bond motifs is 1. The maximum Gasteiger partial charge on any atom is 0.0512 e. The normalized spacial score (nSPS) is 23.5. The monoisotopic (exact) mass is 233 g/mol. The van der Waals surface area contributed by atoms with Gasteiger partial charge in [0.05, 0.1) is 6.10 Å². The highest BCUT2D eigenvalue weighted by Gasteiger charge is 2.39. The zero-order valence-electron chi connectivity index (χ0n) is 11.3. The third-order valence-corrected chi connectivity index (χ3v) is 4.37. The van der Waals surface area contributed by atoms with Crippen LogP contribution in [0.4, 0.5) is 0 Å². The summed E-state index contributed by atoms with van der Waals surface area (Å²) < 4.78 is 0. The van der Waals surface area contributed by atoms with Crippen molar-refractivity contribution < 1.29 is 5.11 Å². The number of hydrogen-bond donors (Lipinski definition) is 1. The van der Waals surface area contributed by atoms with Crippen molar-refractivity contribution in [3.05, 3.63) is 29.1 Å². The molecule has 0 bridgehead atoms. The SMILES string of the molecule is Cc1nccc2c1C[C@H](CC[C@@H](C)O)C2(C)C. The lowest BCUT2D eigenvalue weighted by Crippen LogP contribution is -2.25. The summed E-state index contributed by atoms with van der Waals surface area (Å²) in [6.07, 6.45) is 4.85. The predicted molar refractivity (Wildman–Crippen MR) is 70.1 cm³/mol. The zero-order valence-corrected chi connectivity index (χ0v) is 11.3. The fourth-order valence-corrected chi connectivity index (χ4v) is 3.09. The standard InChI is InChI=1S/C15H23NO/c1-10(17)5-6-12-9-13-11(2)16-8-7-14(13)15(12,3)4/h7-8,10,12,17H,5-6,9H2,1-4H3/t10-,12+/m1/s1. The molecule has 1 N–H and O–H groups in total. The first-order chi connectivity index (χ1) is 7.93. The summed E-state index contributed by atoms with van der Waals surface area (Å²) in [5, 5.41) is 9.44. The molecule has 0 aromatic carbocycles. The Balaban J connectivity index is 2.24. The van der Waals surface area contributed by atoms with Gasteiger partial charge in [-0.1, -0.05) is 13.8 Å². The Kier molecular flexibility index (Phi) is 3.26. The number of aliphatic hydroxyl groups is 1. The third-order valence-electron chi connectivity index (χ3n) is 4.37. The quantitative estimate of drug-likeness (QED) is 0.870. The smallest absolute Gasteiger partial charge is 0.0512 e. The van der Waals surface area contributed by atoms with E-state index in [2.05, 4.69) is 31.8 Å². The maximum atomic E-state index is 9.44. The second kappa shape index (κ2) is 4.41. The molecule has 2 heteroatoms. The average Bonchev–Trinajstić information content (AvgIpc) is 2.50. The molecule has 1 aliphatic rings. The molecule has 94 valence electrons. The van der Waals surface area contributed by atoms with Crippen LogP contribution in [0.5, 0.6) is 0 Å². The van der Waals surface area contributed by atoms with Gasteiger partial charge in [-0.15, -0.1) is 0 Å². The molecule has 0 saturated carbocycles. The molecule has 0 unspecified atom stereocenters. The maximum absolute atomic E-state index is 9.44. The van der Waals surface area contributed by atoms with Gasteiger partial charge in [0.15, 0.2) is 0 Å². The first kappa shape index (κ1) is 12.6. The number of pyridine rings is 1. The van der Waals surface area contributed by atoms with E-state index in [9.17, 15) is 5.11 Å². The minimum Gasteiger partial charge on any atom is -0.393 e. The lowest BCUT2D eigenvalue weighted by atomic mass is 9.76. The van der Waals surface area contributed by atoms with Crippen LogP contribution in [0.15, 0.2) is 12.3 Å². The third kappa shape index (κ3) is 2.23. The number of nitrogens with zero attached hydrogens (tertiary/aromatic N) is 1. The Bertz CT molecular complexity index is 409. The minimum atomic E-state index is -0.186. The number of hydrogen-bond acceptors (Lipinski definition) is 2. The summed E-state index contributed by atoms with van der Waals surface area (Å²) in [7, 11) is 0. The van der Waals surface area contributed by atoms with Crippen molar-refractivity contribution in [1.82, 2.24) is 4.98 Å². The van der Waals surface area contributed by atoms with Crippen molar-refractivity contribution in [2.45, 2.75) is 58.5 Å². The number of aryl methyl sites for hydroxylation is 1. The van der Waals surface area contributed by atoms with E-state index in [1.807, 2.05) is 13.1 Å². The van der Waals surface area contributed by atoms with Crippen LogP contribution < -0.4 is 0 Å². The summed E-state index contributed by atoms with van der Waals surface area (Å²) in [6.45, 7) is 8.63. The van der Waals surface area contributed by atoms with Crippen molar-refractivity contribution in [2.24, 2.45) is 5.92 Å². The molecular weight excluding hydrogens is 210 g/mol. The van der Waals surface area contributed by atoms with Crippen LogP contribution in [0.3, 0.4) is 0 Å². The van der Waals surface area contributed by atoms with Gasteiger partial charge in [0.1, 0.15) is 0 Å². The van der Waals surface area contributed by atoms with Gasteiger partial charge < -0.3 is 5.11 Å². The van der Waals surface area contributed by atoms with Crippen molar-refractivity contribution >= 4 is 0 Å². The summed E-state index contributed by atoms with van der Waals surface area (Å²) in [6, 6.07) is 2.17. The second-order valence-corrected chi connectivity index (χ2v) is 5.97. The van der Waals surface area contributed by atoms with Crippen molar-refractivity contribution in [1.29, 1.82) is 0 Å². The number of rotatable bonds is 3. The Morgan fingerprint density at radius 3 is 2.82 bits per heavy atom. The van der Waals surface area contributed by atoms with E-state index in [1.165, 1.54) is 16.8 Å². The van der Waals surface area contributed by atoms with Gasteiger partial charge in [-0.3, -0.25) is 4.98 Å². The van der Waals surface area contributed by atoms with Crippen LogP contribution in [0.25, 0.3) is 0 Å². The Hall–Kier alpha value is -0.890. The van der Waals surface area contributed by atoms with Gasteiger partial charge in [0.2, 0.25) is 0 Å². The van der Waals surface area contributed by atoms with Gasteiger partial charge in [-0.2, -0.15) is 0 Å². The van der Waals surface area contributed by atoms with E-state index in [1.54, 1.807) is 0 Å². The van der Waals surface area contributed by atoms with E-state index >= 15 is 0 Å². The molecule has 0 fully saturated rings. The summed E-state index contributed by atoms with van der Waals surface area (Å²) in [4.78, 5) is 4.40. The summed E-state index contributed by atoms with van der Waals surface area (Å²) in [5.74, 6) is 0.634. The van der Waals surface area contributed by atoms with Crippen LogP contribution >= 0.6 is 0 Å².